The highest BCUT2D eigenvalue weighted by Gasteiger charge is 2.34. The van der Waals surface area contributed by atoms with E-state index in [4.69, 9.17) is 5.14 Å². The van der Waals surface area contributed by atoms with E-state index in [-0.39, 0.29) is 29.7 Å². The Morgan fingerprint density at radius 1 is 1.29 bits per heavy atom. The fraction of sp³-hybridized carbons (Fsp3) is 0.565. The summed E-state index contributed by atoms with van der Waals surface area (Å²) >= 11 is 0. The van der Waals surface area contributed by atoms with Gasteiger partial charge in [0.1, 0.15) is 24.4 Å². The topological polar surface area (TPSA) is 162 Å². The molecule has 2 fully saturated rings. The average Bonchev–Trinajstić information content (AvgIpc) is 3.57. The van der Waals surface area contributed by atoms with Crippen molar-refractivity contribution in [2.45, 2.75) is 63.6 Å². The smallest absolute Gasteiger partial charge is 0.333 e. The van der Waals surface area contributed by atoms with Crippen LogP contribution in [0.5, 0.6) is 0 Å². The largest absolute Gasteiger partial charge is 0.393 e. The maximum absolute atomic E-state index is 13.1. The first kappa shape index (κ1) is 25.2. The van der Waals surface area contributed by atoms with Gasteiger partial charge in [-0.25, -0.2) is 15.1 Å². The van der Waals surface area contributed by atoms with Gasteiger partial charge in [0.25, 0.3) is 0 Å². The van der Waals surface area contributed by atoms with Crippen molar-refractivity contribution >= 4 is 21.9 Å². The molecule has 4 N–H and O–H groups in total. The van der Waals surface area contributed by atoms with Crippen LogP contribution in [-0.2, 0) is 21.0 Å². The van der Waals surface area contributed by atoms with Gasteiger partial charge < -0.3 is 10.4 Å². The standard InChI is InChI=1S/C23H30N6O5S/c24-35(32,33)34-14-17-11-18(12-21(17)30)27-23-19(13-25-15-26-23)22(31)20-8-10-29(28-20)9-4-3-7-16-5-1-2-6-16/h8,10,13,15-18,21,30H,1-2,5-7,9,11-12,14H2,(H2,24,32,33)(H,25,26,27)/t17-,18-,21+/m1/s1. The highest BCUT2D eigenvalue weighted by Crippen LogP contribution is 2.30. The van der Waals surface area contributed by atoms with Crippen LogP contribution in [0, 0.1) is 23.7 Å². The Hall–Kier alpha value is -2.85. The predicted octanol–water partition coefficient (Wildman–Crippen LogP) is 1.26. The highest BCUT2D eigenvalue weighted by atomic mass is 32.2. The van der Waals surface area contributed by atoms with Crippen LogP contribution in [-0.4, -0.2) is 57.8 Å². The quantitative estimate of drug-likeness (QED) is 0.338. The van der Waals surface area contributed by atoms with Crippen LogP contribution < -0.4 is 10.5 Å². The lowest BCUT2D eigenvalue weighted by atomic mass is 10.1. The van der Waals surface area contributed by atoms with Gasteiger partial charge in [-0.15, -0.1) is 5.92 Å². The second kappa shape index (κ2) is 11.3. The Bertz CT molecular complexity index is 1200. The molecule has 3 atom stereocenters. The van der Waals surface area contributed by atoms with Crippen LogP contribution in [0.15, 0.2) is 24.8 Å². The van der Waals surface area contributed by atoms with Gasteiger partial charge in [0.05, 0.1) is 18.3 Å². The van der Waals surface area contributed by atoms with Gasteiger partial charge in [0.2, 0.25) is 5.78 Å². The van der Waals surface area contributed by atoms with E-state index in [9.17, 15) is 18.3 Å². The molecule has 0 aromatic carbocycles. The van der Waals surface area contributed by atoms with Crippen molar-refractivity contribution in [2.24, 2.45) is 17.0 Å². The first-order chi connectivity index (χ1) is 16.8. The molecule has 2 aliphatic rings. The Balaban J connectivity index is 1.36. The van der Waals surface area contributed by atoms with Crippen LogP contribution in [0.3, 0.4) is 0 Å². The zero-order valence-electron chi connectivity index (χ0n) is 19.3. The number of aliphatic hydroxyl groups excluding tert-OH is 1. The van der Waals surface area contributed by atoms with E-state index in [1.54, 1.807) is 16.9 Å². The van der Waals surface area contributed by atoms with E-state index in [0.29, 0.717) is 31.1 Å². The summed E-state index contributed by atoms with van der Waals surface area (Å²) in [6.45, 7) is 0.201. The maximum atomic E-state index is 13.1. The van der Waals surface area contributed by atoms with Gasteiger partial charge in [0.15, 0.2) is 0 Å². The number of aliphatic hydroxyl groups is 1. The number of ketones is 1. The van der Waals surface area contributed by atoms with Gasteiger partial charge in [-0.05, 0) is 37.7 Å². The summed E-state index contributed by atoms with van der Waals surface area (Å²) < 4.78 is 28.3. The Morgan fingerprint density at radius 2 is 2.09 bits per heavy atom. The van der Waals surface area contributed by atoms with Crippen molar-refractivity contribution in [1.29, 1.82) is 0 Å². The molecule has 11 nitrogen and oxygen atoms in total. The molecule has 0 radical (unpaired) electrons. The molecule has 35 heavy (non-hydrogen) atoms. The number of hydrogen-bond acceptors (Lipinski definition) is 9. The summed E-state index contributed by atoms with van der Waals surface area (Å²) in [7, 11) is -4.08. The molecule has 0 bridgehead atoms. The predicted molar refractivity (Wildman–Crippen MR) is 127 cm³/mol. The van der Waals surface area contributed by atoms with Gasteiger partial charge in [0, 0.05) is 30.8 Å². The molecule has 0 aliphatic heterocycles. The SMILES string of the molecule is NS(=O)(=O)OC[C@H]1C[C@@H](Nc2ncncc2C(=O)c2ccn(CC#CCC3CCCC3)n2)C[C@@H]1O. The molecule has 2 saturated carbocycles. The lowest BCUT2D eigenvalue weighted by molar-refractivity contribution is 0.101. The number of carbonyl (C=O) groups is 1. The fourth-order valence-electron chi connectivity index (χ4n) is 4.66. The molecular formula is C23H30N6O5S. The zero-order valence-corrected chi connectivity index (χ0v) is 20.2. The number of hydrogen-bond donors (Lipinski definition) is 3. The minimum absolute atomic E-state index is 0.214. The van der Waals surface area contributed by atoms with Crippen LogP contribution in [0.25, 0.3) is 0 Å². The van der Waals surface area contributed by atoms with Crippen molar-refractivity contribution in [3.05, 3.63) is 36.0 Å². The van der Waals surface area contributed by atoms with Crippen LogP contribution in [0.4, 0.5) is 5.82 Å². The number of rotatable bonds is 9. The minimum Gasteiger partial charge on any atom is -0.393 e. The van der Waals surface area contributed by atoms with E-state index in [0.717, 1.165) is 6.42 Å². The Morgan fingerprint density at radius 3 is 2.86 bits per heavy atom. The third-order valence-corrected chi connectivity index (χ3v) is 6.97. The summed E-state index contributed by atoms with van der Waals surface area (Å²) in [5.41, 5.74) is 0.509. The maximum Gasteiger partial charge on any atom is 0.333 e. The second-order valence-corrected chi connectivity index (χ2v) is 10.4. The van der Waals surface area contributed by atoms with Gasteiger partial charge >= 0.3 is 10.3 Å². The van der Waals surface area contributed by atoms with Crippen molar-refractivity contribution in [2.75, 3.05) is 11.9 Å². The monoisotopic (exact) mass is 502 g/mol. The van der Waals surface area contributed by atoms with E-state index in [1.807, 2.05) is 0 Å². The van der Waals surface area contributed by atoms with E-state index < -0.39 is 22.3 Å². The number of aromatic nitrogens is 4. The summed E-state index contributed by atoms with van der Waals surface area (Å²) in [4.78, 5) is 21.3. The molecule has 2 heterocycles. The first-order valence-electron chi connectivity index (χ1n) is 11.7. The van der Waals surface area contributed by atoms with Crippen LogP contribution in [0.1, 0.15) is 61.0 Å². The first-order valence-corrected chi connectivity index (χ1v) is 13.2. The second-order valence-electron chi connectivity index (χ2n) is 9.14. The number of nitrogens with one attached hydrogen (secondary N) is 1. The molecule has 188 valence electrons. The van der Waals surface area contributed by atoms with Crippen LogP contribution >= 0.6 is 0 Å². The van der Waals surface area contributed by atoms with Gasteiger partial charge in [-0.3, -0.25) is 13.7 Å². The molecule has 2 aliphatic carbocycles. The number of anilines is 1. The average molecular weight is 503 g/mol. The van der Waals surface area contributed by atoms with Gasteiger partial charge in [-0.2, -0.15) is 13.5 Å². The normalized spacial score (nSPS) is 22.6. The van der Waals surface area contributed by atoms with Gasteiger partial charge in [-0.1, -0.05) is 18.8 Å². The van der Waals surface area contributed by atoms with Crippen molar-refractivity contribution < 1.29 is 22.5 Å². The molecule has 0 unspecified atom stereocenters. The molecule has 4 rings (SSSR count). The molecule has 2 aromatic heterocycles. The molecule has 12 heteroatoms. The van der Waals surface area contributed by atoms with Crippen molar-refractivity contribution in [3.8, 4) is 11.8 Å². The van der Waals surface area contributed by atoms with Crippen LogP contribution in [0.2, 0.25) is 0 Å². The van der Waals surface area contributed by atoms with Crippen molar-refractivity contribution in [1.82, 2.24) is 19.7 Å². The van der Waals surface area contributed by atoms with E-state index >= 15 is 0 Å². The van der Waals surface area contributed by atoms with Crippen molar-refractivity contribution in [3.63, 3.8) is 0 Å². The summed E-state index contributed by atoms with van der Waals surface area (Å²) in [6.07, 6.45) is 10.5. The zero-order chi connectivity index (χ0) is 24.8. The third-order valence-electron chi connectivity index (χ3n) is 6.51. The summed E-state index contributed by atoms with van der Waals surface area (Å²) in [5.74, 6) is 6.63. The minimum atomic E-state index is -4.08. The Labute approximate surface area is 204 Å². The fourth-order valence-corrected chi connectivity index (χ4v) is 5.03. The molecule has 2 aromatic rings. The molecule has 0 spiro atoms. The third kappa shape index (κ3) is 7.08. The summed E-state index contributed by atoms with van der Waals surface area (Å²) in [6, 6.07) is 1.39. The summed E-state index contributed by atoms with van der Waals surface area (Å²) in [5, 5.41) is 22.7. The molecule has 0 amide bonds. The molecular weight excluding hydrogens is 472 g/mol. The lowest BCUT2D eigenvalue weighted by Crippen LogP contribution is -2.24. The number of nitrogens with zero attached hydrogens (tertiary/aromatic N) is 4. The highest BCUT2D eigenvalue weighted by molar-refractivity contribution is 7.84. The lowest BCUT2D eigenvalue weighted by Gasteiger charge is -2.15. The molecule has 0 saturated heterocycles. The number of carbonyl (C=O) groups excluding carboxylic acids is 1. The Kier molecular flexibility index (Phi) is 8.12. The van der Waals surface area contributed by atoms with E-state index in [1.165, 1.54) is 38.2 Å². The number of nitrogens with two attached hydrogens (primary N) is 1. The van der Waals surface area contributed by atoms with E-state index in [2.05, 4.69) is 36.4 Å².